The maximum atomic E-state index is 14.9. The van der Waals surface area contributed by atoms with Crippen molar-refractivity contribution in [2.75, 3.05) is 6.54 Å². The summed E-state index contributed by atoms with van der Waals surface area (Å²) in [5, 5.41) is 26.6. The lowest BCUT2D eigenvalue weighted by atomic mass is 9.32. The Bertz CT molecular complexity index is 2230. The van der Waals surface area contributed by atoms with Crippen LogP contribution in [0.2, 0.25) is 0 Å². The van der Waals surface area contributed by atoms with Gasteiger partial charge in [0, 0.05) is 33.9 Å². The first-order valence-corrected chi connectivity index (χ1v) is 22.3. The van der Waals surface area contributed by atoms with Crippen molar-refractivity contribution < 1.29 is 33.3 Å². The van der Waals surface area contributed by atoms with Crippen LogP contribution in [0.15, 0.2) is 84.5 Å². The molecular weight excluding hydrogens is 745 g/mol. The number of Topliss-reactive ketones (excluding diaryl/α,β-unsaturated/α-hetero) is 1. The lowest BCUT2D eigenvalue weighted by Crippen LogP contribution is -2.67. The summed E-state index contributed by atoms with van der Waals surface area (Å²) in [6.07, 6.45) is 12.8. The van der Waals surface area contributed by atoms with Gasteiger partial charge in [-0.1, -0.05) is 102 Å². The minimum Gasteiger partial charge on any atom is -0.446 e. The van der Waals surface area contributed by atoms with Crippen molar-refractivity contribution in [1.82, 2.24) is 4.90 Å². The van der Waals surface area contributed by atoms with Crippen molar-refractivity contribution >= 4 is 22.6 Å². The molecule has 59 heavy (non-hydrogen) atoms. The van der Waals surface area contributed by atoms with Crippen molar-refractivity contribution in [3.63, 3.8) is 0 Å². The molecule has 2 bridgehead atoms. The van der Waals surface area contributed by atoms with Gasteiger partial charge in [0.1, 0.15) is 6.10 Å². The van der Waals surface area contributed by atoms with E-state index in [1.54, 1.807) is 4.90 Å². The van der Waals surface area contributed by atoms with Crippen LogP contribution >= 0.6 is 0 Å². The van der Waals surface area contributed by atoms with E-state index in [9.17, 15) is 28.6 Å². The molecule has 3 aromatic rings. The normalized spacial score (nSPS) is 38.4. The van der Waals surface area contributed by atoms with Crippen LogP contribution in [-0.2, 0) is 11.3 Å². The SMILES string of the molecule is CC1CCC(C(C)C)C(OC(=O)N(Cc2cccc3ccccc23)CC2(O)CCC3C45C=CC6(C=C4C(=O)c4ccc(F)c(F)c4)CC(O)CCC6(C)C5CCC32C)C1. The number of nitrogens with zero attached hydrogens (tertiary/aromatic N) is 1. The molecule has 314 valence electrons. The Balaban J connectivity index is 1.11. The number of ketones is 1. The summed E-state index contributed by atoms with van der Waals surface area (Å²) in [4.78, 5) is 31.4. The second kappa shape index (κ2) is 14.4. The lowest BCUT2D eigenvalue weighted by Gasteiger charge is -2.71. The first kappa shape index (κ1) is 40.5. The number of aliphatic hydroxyl groups is 2. The number of benzene rings is 3. The highest BCUT2D eigenvalue weighted by atomic mass is 19.2. The number of hydrogen-bond donors (Lipinski definition) is 2. The van der Waals surface area contributed by atoms with Crippen LogP contribution in [-0.4, -0.2) is 51.3 Å². The zero-order valence-electron chi connectivity index (χ0n) is 35.4. The molecule has 6 nitrogen and oxygen atoms in total. The fourth-order valence-corrected chi connectivity index (χ4v) is 14.0. The summed E-state index contributed by atoms with van der Waals surface area (Å²) in [6.45, 7) is 11.5. The minimum absolute atomic E-state index is 0.0279. The average Bonchev–Trinajstić information content (AvgIpc) is 3.48. The Hall–Kier alpha value is -3.88. The molecule has 4 fully saturated rings. The van der Waals surface area contributed by atoms with E-state index in [4.69, 9.17) is 4.74 Å². The Morgan fingerprint density at radius 2 is 1.61 bits per heavy atom. The number of fused-ring (bicyclic) bond motifs is 2. The fourth-order valence-electron chi connectivity index (χ4n) is 14.0. The topological polar surface area (TPSA) is 87.1 Å². The van der Waals surface area contributed by atoms with Crippen molar-refractivity contribution in [1.29, 1.82) is 0 Å². The number of amides is 1. The van der Waals surface area contributed by atoms with Crippen LogP contribution in [0.1, 0.15) is 115 Å². The number of allylic oxidation sites excluding steroid dienone is 4. The molecule has 0 radical (unpaired) electrons. The highest BCUT2D eigenvalue weighted by Crippen LogP contribution is 2.78. The molecule has 7 aliphatic carbocycles. The smallest absolute Gasteiger partial charge is 0.410 e. The van der Waals surface area contributed by atoms with Crippen molar-refractivity contribution in [2.45, 2.75) is 123 Å². The molecule has 11 atom stereocenters. The zero-order chi connectivity index (χ0) is 41.7. The van der Waals surface area contributed by atoms with Gasteiger partial charge in [-0.25, -0.2) is 13.6 Å². The number of aliphatic hydroxyl groups excluding tert-OH is 1. The van der Waals surface area contributed by atoms with Crippen LogP contribution in [0, 0.1) is 62.9 Å². The molecule has 0 saturated heterocycles. The number of carbonyl (C=O) groups is 2. The maximum Gasteiger partial charge on any atom is 0.410 e. The molecule has 0 aromatic heterocycles. The van der Waals surface area contributed by atoms with Crippen LogP contribution in [0.4, 0.5) is 13.6 Å². The van der Waals surface area contributed by atoms with Gasteiger partial charge in [-0.05, 0) is 127 Å². The van der Waals surface area contributed by atoms with Gasteiger partial charge in [0.05, 0.1) is 18.2 Å². The summed E-state index contributed by atoms with van der Waals surface area (Å²) in [5.74, 6) is -1.48. The molecule has 1 amide bonds. The van der Waals surface area contributed by atoms with Crippen LogP contribution < -0.4 is 0 Å². The highest BCUT2D eigenvalue weighted by molar-refractivity contribution is 6.10. The van der Waals surface area contributed by atoms with Crippen LogP contribution in [0.3, 0.4) is 0 Å². The predicted molar refractivity (Wildman–Crippen MR) is 225 cm³/mol. The molecular formula is C51H61F2NO5. The summed E-state index contributed by atoms with van der Waals surface area (Å²) in [5.41, 5.74) is -2.00. The maximum absolute atomic E-state index is 14.9. The lowest BCUT2D eigenvalue weighted by molar-refractivity contribution is -0.175. The van der Waals surface area contributed by atoms with Crippen molar-refractivity contribution in [2.24, 2.45) is 51.2 Å². The Kier molecular flexibility index (Phi) is 9.86. The van der Waals surface area contributed by atoms with Crippen LogP contribution in [0.5, 0.6) is 0 Å². The summed E-state index contributed by atoms with van der Waals surface area (Å²) in [6, 6.07) is 17.7. The van der Waals surface area contributed by atoms with E-state index in [2.05, 4.69) is 77.1 Å². The minimum atomic E-state index is -1.32. The van der Waals surface area contributed by atoms with E-state index in [1.165, 1.54) is 6.07 Å². The molecule has 7 aliphatic rings. The Morgan fingerprint density at radius 1 is 0.881 bits per heavy atom. The number of hydrogen-bond acceptors (Lipinski definition) is 5. The van der Waals surface area contributed by atoms with E-state index in [-0.39, 0.29) is 53.7 Å². The monoisotopic (exact) mass is 805 g/mol. The highest BCUT2D eigenvalue weighted by Gasteiger charge is 2.74. The quantitative estimate of drug-likeness (QED) is 0.175. The van der Waals surface area contributed by atoms with E-state index < -0.39 is 45.7 Å². The Labute approximate surface area is 348 Å². The van der Waals surface area contributed by atoms with E-state index in [0.717, 1.165) is 60.6 Å². The standard InChI is InChI=1S/C51H61F2NO5/c1-31(2)37-15-13-32(3)25-42(37)59-46(57)54(29-35-11-8-10-33-9-6-7-12-38(33)35)30-50(58)22-19-44-48(50,5)21-18-43-47(4)20-17-36(55)27-49(47)23-24-51(43,44)39(28-49)45(56)34-14-16-40(52)41(53)26-34/h6-12,14,16,23-24,26,28,31-32,36-37,42-44,55,58H,13,15,17-22,25,27,29-30H2,1-5H3. The molecule has 11 unspecified atom stereocenters. The molecule has 3 aromatic carbocycles. The van der Waals surface area contributed by atoms with E-state index in [1.807, 2.05) is 18.2 Å². The first-order valence-electron chi connectivity index (χ1n) is 22.3. The van der Waals surface area contributed by atoms with Gasteiger partial charge in [0.2, 0.25) is 0 Å². The number of rotatable bonds is 8. The molecule has 2 spiro atoms. The van der Waals surface area contributed by atoms with Crippen LogP contribution in [0.25, 0.3) is 10.8 Å². The second-order valence-corrected chi connectivity index (χ2v) is 20.5. The molecule has 0 heterocycles. The second-order valence-electron chi connectivity index (χ2n) is 20.5. The van der Waals surface area contributed by atoms with Crippen molar-refractivity contribution in [3.8, 4) is 0 Å². The van der Waals surface area contributed by atoms with Gasteiger partial charge >= 0.3 is 6.09 Å². The summed E-state index contributed by atoms with van der Waals surface area (Å²) < 4.78 is 35.6. The number of ether oxygens (including phenoxy) is 1. The average molecular weight is 806 g/mol. The third kappa shape index (κ3) is 6.11. The largest absolute Gasteiger partial charge is 0.446 e. The van der Waals surface area contributed by atoms with Crippen molar-refractivity contribution in [3.05, 3.63) is 107 Å². The van der Waals surface area contributed by atoms with Gasteiger partial charge in [0.15, 0.2) is 17.4 Å². The molecule has 8 heteroatoms. The van der Waals surface area contributed by atoms with Gasteiger partial charge in [-0.2, -0.15) is 0 Å². The summed E-state index contributed by atoms with van der Waals surface area (Å²) >= 11 is 0. The molecule has 10 rings (SSSR count). The van der Waals surface area contributed by atoms with Gasteiger partial charge < -0.3 is 19.8 Å². The van der Waals surface area contributed by atoms with Gasteiger partial charge in [0.25, 0.3) is 0 Å². The van der Waals surface area contributed by atoms with E-state index >= 15 is 0 Å². The van der Waals surface area contributed by atoms with Gasteiger partial charge in [-0.3, -0.25) is 4.79 Å². The zero-order valence-corrected chi connectivity index (χ0v) is 35.4. The fraction of sp³-hybridized carbons (Fsp3) is 0.569. The third-order valence-electron chi connectivity index (χ3n) is 17.3. The third-order valence-corrected chi connectivity index (χ3v) is 17.3. The number of carbonyl (C=O) groups excluding carboxylic acids is 2. The summed E-state index contributed by atoms with van der Waals surface area (Å²) in [7, 11) is 0. The predicted octanol–water partition coefficient (Wildman–Crippen LogP) is 11.0. The molecule has 2 N–H and O–H groups in total. The Morgan fingerprint density at radius 3 is 2.39 bits per heavy atom. The molecule has 0 aliphatic heterocycles. The number of halogens is 2. The first-order chi connectivity index (χ1) is 28.0. The van der Waals surface area contributed by atoms with Gasteiger partial charge in [-0.15, -0.1) is 0 Å². The van der Waals surface area contributed by atoms with E-state index in [0.29, 0.717) is 49.5 Å². The molecule has 4 saturated carbocycles.